The van der Waals surface area contributed by atoms with E-state index in [1.54, 1.807) is 37.3 Å². The SMILES string of the molecule is COc1ccc(CN2C(=O)CSC2c2ccc(F)c(Br)c2)c(OC)c1. The molecule has 0 bridgehead atoms. The Morgan fingerprint density at radius 3 is 2.72 bits per heavy atom. The van der Waals surface area contributed by atoms with Crippen molar-refractivity contribution in [1.29, 1.82) is 0 Å². The molecule has 1 aliphatic heterocycles. The molecule has 3 rings (SSSR count). The molecule has 1 aliphatic rings. The zero-order valence-corrected chi connectivity index (χ0v) is 16.2. The van der Waals surface area contributed by atoms with Gasteiger partial charge < -0.3 is 14.4 Å². The summed E-state index contributed by atoms with van der Waals surface area (Å²) in [5.74, 6) is 1.50. The standard InChI is InChI=1S/C18H17BrFNO3S/c1-23-13-5-3-12(16(8-13)24-2)9-21-17(22)10-25-18(21)11-4-6-15(20)14(19)7-11/h3-8,18H,9-10H2,1-2H3. The van der Waals surface area contributed by atoms with Crippen molar-refractivity contribution < 1.29 is 18.7 Å². The van der Waals surface area contributed by atoms with Crippen molar-refractivity contribution >= 4 is 33.6 Å². The highest BCUT2D eigenvalue weighted by Crippen LogP contribution is 2.41. The maximum Gasteiger partial charge on any atom is 0.234 e. The van der Waals surface area contributed by atoms with E-state index < -0.39 is 0 Å². The van der Waals surface area contributed by atoms with Gasteiger partial charge in [0.05, 0.1) is 31.0 Å². The van der Waals surface area contributed by atoms with Crippen LogP contribution in [-0.2, 0) is 11.3 Å². The fourth-order valence-electron chi connectivity index (χ4n) is 2.73. The number of halogens is 2. The van der Waals surface area contributed by atoms with Gasteiger partial charge in [0.25, 0.3) is 0 Å². The van der Waals surface area contributed by atoms with Gasteiger partial charge in [0.1, 0.15) is 22.7 Å². The van der Waals surface area contributed by atoms with Crippen molar-refractivity contribution in [2.75, 3.05) is 20.0 Å². The molecule has 2 aromatic carbocycles. The molecule has 2 aromatic rings. The highest BCUT2D eigenvalue weighted by molar-refractivity contribution is 9.10. The number of hydrogen-bond donors (Lipinski definition) is 0. The number of amides is 1. The number of methoxy groups -OCH3 is 2. The Labute approximate surface area is 158 Å². The minimum Gasteiger partial charge on any atom is -0.497 e. The number of ether oxygens (including phenoxy) is 2. The van der Waals surface area contributed by atoms with Crippen molar-refractivity contribution in [3.05, 3.63) is 57.8 Å². The molecule has 0 N–H and O–H groups in total. The Morgan fingerprint density at radius 2 is 2.04 bits per heavy atom. The predicted molar refractivity (Wildman–Crippen MR) is 99.4 cm³/mol. The van der Waals surface area contributed by atoms with E-state index in [-0.39, 0.29) is 17.1 Å². The Kier molecular flexibility index (Phi) is 5.54. The van der Waals surface area contributed by atoms with Crippen molar-refractivity contribution in [3.8, 4) is 11.5 Å². The topological polar surface area (TPSA) is 38.8 Å². The van der Waals surface area contributed by atoms with Crippen LogP contribution in [-0.4, -0.2) is 30.8 Å². The molecule has 0 spiro atoms. The molecule has 0 aliphatic carbocycles. The van der Waals surface area contributed by atoms with Gasteiger partial charge in [-0.3, -0.25) is 4.79 Å². The van der Waals surface area contributed by atoms with Crippen LogP contribution in [0.5, 0.6) is 11.5 Å². The number of hydrogen-bond acceptors (Lipinski definition) is 4. The van der Waals surface area contributed by atoms with Crippen LogP contribution in [0.3, 0.4) is 0 Å². The summed E-state index contributed by atoms with van der Waals surface area (Å²) in [5.41, 5.74) is 1.78. The zero-order chi connectivity index (χ0) is 18.0. The summed E-state index contributed by atoms with van der Waals surface area (Å²) in [4.78, 5) is 14.2. The molecular formula is C18H17BrFNO3S. The van der Waals surface area contributed by atoms with Crippen LogP contribution in [0, 0.1) is 5.82 Å². The molecule has 1 amide bonds. The van der Waals surface area contributed by atoms with E-state index in [1.807, 2.05) is 12.1 Å². The third-order valence-corrected chi connectivity index (χ3v) is 5.90. The van der Waals surface area contributed by atoms with Gasteiger partial charge in [0.15, 0.2) is 0 Å². The minimum absolute atomic E-state index is 0.0494. The monoisotopic (exact) mass is 425 g/mol. The quantitative estimate of drug-likeness (QED) is 0.712. The fourth-order valence-corrected chi connectivity index (χ4v) is 4.31. The minimum atomic E-state index is -0.318. The molecule has 0 saturated carbocycles. The highest BCUT2D eigenvalue weighted by Gasteiger charge is 2.33. The summed E-state index contributed by atoms with van der Waals surface area (Å²) in [6, 6.07) is 10.4. The van der Waals surface area contributed by atoms with Crippen LogP contribution < -0.4 is 9.47 Å². The van der Waals surface area contributed by atoms with Crippen LogP contribution in [0.4, 0.5) is 4.39 Å². The number of thioether (sulfide) groups is 1. The normalized spacial score (nSPS) is 17.0. The Bertz CT molecular complexity index is 802. The van der Waals surface area contributed by atoms with Crippen molar-refractivity contribution in [3.63, 3.8) is 0 Å². The van der Waals surface area contributed by atoms with E-state index in [0.29, 0.717) is 28.3 Å². The summed E-state index contributed by atoms with van der Waals surface area (Å²) in [5, 5.41) is -0.156. The predicted octanol–water partition coefficient (Wildman–Crippen LogP) is 4.38. The first-order chi connectivity index (χ1) is 12.0. The van der Waals surface area contributed by atoms with Crippen LogP contribution in [0.25, 0.3) is 0 Å². The third kappa shape index (κ3) is 3.77. The van der Waals surface area contributed by atoms with Gasteiger partial charge in [-0.25, -0.2) is 4.39 Å². The first-order valence-electron chi connectivity index (χ1n) is 7.60. The molecule has 1 fully saturated rings. The Morgan fingerprint density at radius 1 is 1.24 bits per heavy atom. The van der Waals surface area contributed by atoms with Gasteiger partial charge >= 0.3 is 0 Å². The van der Waals surface area contributed by atoms with Crippen LogP contribution in [0.2, 0.25) is 0 Å². The number of nitrogens with zero attached hydrogens (tertiary/aromatic N) is 1. The maximum atomic E-state index is 13.5. The molecule has 132 valence electrons. The average Bonchev–Trinajstić information content (AvgIpc) is 2.98. The summed E-state index contributed by atoms with van der Waals surface area (Å²) in [6.07, 6.45) is 0. The lowest BCUT2D eigenvalue weighted by Gasteiger charge is -2.25. The fraction of sp³-hybridized carbons (Fsp3) is 0.278. The number of carbonyl (C=O) groups is 1. The summed E-state index contributed by atoms with van der Waals surface area (Å²) in [7, 11) is 3.19. The molecule has 7 heteroatoms. The molecule has 0 radical (unpaired) electrons. The van der Waals surface area contributed by atoms with E-state index in [2.05, 4.69) is 15.9 Å². The van der Waals surface area contributed by atoms with Crippen molar-refractivity contribution in [2.45, 2.75) is 11.9 Å². The van der Waals surface area contributed by atoms with E-state index in [9.17, 15) is 9.18 Å². The molecule has 25 heavy (non-hydrogen) atoms. The lowest BCUT2D eigenvalue weighted by Crippen LogP contribution is -2.27. The van der Waals surface area contributed by atoms with E-state index in [1.165, 1.54) is 17.8 Å². The van der Waals surface area contributed by atoms with Gasteiger partial charge in [0.2, 0.25) is 5.91 Å². The van der Waals surface area contributed by atoms with Gasteiger partial charge in [-0.05, 0) is 45.8 Å². The molecule has 1 heterocycles. The van der Waals surface area contributed by atoms with Gasteiger partial charge in [0, 0.05) is 11.6 Å². The van der Waals surface area contributed by atoms with Crippen molar-refractivity contribution in [2.24, 2.45) is 0 Å². The number of benzene rings is 2. The van der Waals surface area contributed by atoms with Gasteiger partial charge in [-0.2, -0.15) is 0 Å². The average molecular weight is 426 g/mol. The van der Waals surface area contributed by atoms with E-state index in [4.69, 9.17) is 9.47 Å². The third-order valence-electron chi connectivity index (χ3n) is 4.03. The second kappa shape index (κ2) is 7.66. The van der Waals surface area contributed by atoms with Crippen LogP contribution in [0.1, 0.15) is 16.5 Å². The molecular weight excluding hydrogens is 409 g/mol. The Balaban J connectivity index is 1.89. The summed E-state index contributed by atoms with van der Waals surface area (Å²) < 4.78 is 24.5. The molecule has 1 unspecified atom stereocenters. The lowest BCUT2D eigenvalue weighted by molar-refractivity contribution is -0.128. The molecule has 4 nitrogen and oxygen atoms in total. The van der Waals surface area contributed by atoms with Gasteiger partial charge in [-0.1, -0.05) is 6.07 Å². The molecule has 1 atom stereocenters. The second-order valence-electron chi connectivity index (χ2n) is 5.54. The largest absolute Gasteiger partial charge is 0.497 e. The highest BCUT2D eigenvalue weighted by atomic mass is 79.9. The lowest BCUT2D eigenvalue weighted by atomic mass is 10.1. The first kappa shape index (κ1) is 18.1. The summed E-state index contributed by atoms with van der Waals surface area (Å²) in [6.45, 7) is 0.415. The number of rotatable bonds is 5. The Hall–Kier alpha value is -1.73. The number of carbonyl (C=O) groups excluding carboxylic acids is 1. The second-order valence-corrected chi connectivity index (χ2v) is 7.46. The van der Waals surface area contributed by atoms with E-state index >= 15 is 0 Å². The van der Waals surface area contributed by atoms with Crippen LogP contribution >= 0.6 is 27.7 Å². The smallest absolute Gasteiger partial charge is 0.234 e. The van der Waals surface area contributed by atoms with Gasteiger partial charge in [-0.15, -0.1) is 11.8 Å². The van der Waals surface area contributed by atoms with E-state index in [0.717, 1.165) is 11.1 Å². The van der Waals surface area contributed by atoms with Crippen molar-refractivity contribution in [1.82, 2.24) is 4.90 Å². The summed E-state index contributed by atoms with van der Waals surface area (Å²) >= 11 is 4.75. The molecule has 0 aromatic heterocycles. The zero-order valence-electron chi connectivity index (χ0n) is 13.8. The first-order valence-corrected chi connectivity index (χ1v) is 9.44. The molecule has 1 saturated heterocycles. The maximum absolute atomic E-state index is 13.5. The van der Waals surface area contributed by atoms with Crippen LogP contribution in [0.15, 0.2) is 40.9 Å².